The quantitative estimate of drug-likeness (QED) is 0.830. The van der Waals surface area contributed by atoms with Gasteiger partial charge in [-0.2, -0.15) is 0 Å². The molecule has 0 heterocycles. The number of hydrogen-bond acceptors (Lipinski definition) is 3. The first-order chi connectivity index (χ1) is 8.43. The summed E-state index contributed by atoms with van der Waals surface area (Å²) in [5.74, 6) is 0.258. The van der Waals surface area contributed by atoms with Gasteiger partial charge in [0.15, 0.2) is 0 Å². The van der Waals surface area contributed by atoms with Gasteiger partial charge in [0.05, 0.1) is 5.75 Å². The van der Waals surface area contributed by atoms with Crippen molar-refractivity contribution in [2.24, 2.45) is 11.5 Å². The SMILES string of the molecule is CCC(N)CS(=O)Cc1ccc(C(N)=O)cc1Cl. The minimum atomic E-state index is -1.05. The molecule has 0 aliphatic heterocycles. The number of carbonyl (C=O) groups excluding carboxylic acids is 1. The van der Waals surface area contributed by atoms with E-state index < -0.39 is 16.7 Å². The largest absolute Gasteiger partial charge is 0.366 e. The van der Waals surface area contributed by atoms with Crippen LogP contribution in [0.15, 0.2) is 18.2 Å². The number of benzene rings is 1. The third-order valence-corrected chi connectivity index (χ3v) is 4.36. The van der Waals surface area contributed by atoms with Crippen molar-refractivity contribution < 1.29 is 9.00 Å². The molecule has 0 radical (unpaired) electrons. The monoisotopic (exact) mass is 288 g/mol. The third kappa shape index (κ3) is 4.40. The van der Waals surface area contributed by atoms with E-state index in [4.69, 9.17) is 23.1 Å². The van der Waals surface area contributed by atoms with Gasteiger partial charge in [0.1, 0.15) is 0 Å². The Morgan fingerprint density at radius 3 is 2.67 bits per heavy atom. The predicted octanol–water partition coefficient (Wildman–Crippen LogP) is 1.42. The second kappa shape index (κ2) is 6.87. The van der Waals surface area contributed by atoms with Gasteiger partial charge in [0.2, 0.25) is 5.91 Å². The normalized spacial score (nSPS) is 14.2. The summed E-state index contributed by atoms with van der Waals surface area (Å²) in [6.07, 6.45) is 0.792. The van der Waals surface area contributed by atoms with Crippen LogP contribution in [0.5, 0.6) is 0 Å². The number of rotatable bonds is 6. The fourth-order valence-corrected chi connectivity index (χ4v) is 3.16. The summed E-state index contributed by atoms with van der Waals surface area (Å²) in [4.78, 5) is 11.0. The molecule has 0 fully saturated rings. The Morgan fingerprint density at radius 2 is 2.17 bits per heavy atom. The average molecular weight is 289 g/mol. The molecular formula is C12H17ClN2O2S. The van der Waals surface area contributed by atoms with Crippen LogP contribution in [0.4, 0.5) is 0 Å². The number of hydrogen-bond donors (Lipinski definition) is 2. The molecule has 100 valence electrons. The summed E-state index contributed by atoms with van der Waals surface area (Å²) in [6.45, 7) is 1.95. The molecule has 2 atom stereocenters. The van der Waals surface area contributed by atoms with Crippen LogP contribution in [0, 0.1) is 0 Å². The van der Waals surface area contributed by atoms with Gasteiger partial charge < -0.3 is 11.5 Å². The first-order valence-corrected chi connectivity index (χ1v) is 7.49. The minimum absolute atomic E-state index is 0.0606. The minimum Gasteiger partial charge on any atom is -0.366 e. The molecule has 0 saturated heterocycles. The van der Waals surface area contributed by atoms with Crippen molar-refractivity contribution in [3.8, 4) is 0 Å². The van der Waals surface area contributed by atoms with Crippen LogP contribution in [0.1, 0.15) is 29.3 Å². The van der Waals surface area contributed by atoms with Crippen LogP contribution < -0.4 is 11.5 Å². The molecule has 0 spiro atoms. The van der Waals surface area contributed by atoms with E-state index >= 15 is 0 Å². The van der Waals surface area contributed by atoms with Crippen LogP contribution >= 0.6 is 11.6 Å². The lowest BCUT2D eigenvalue weighted by Crippen LogP contribution is -2.26. The van der Waals surface area contributed by atoms with E-state index in [1.54, 1.807) is 12.1 Å². The molecule has 1 rings (SSSR count). The summed E-state index contributed by atoms with van der Waals surface area (Å²) in [6, 6.07) is 4.70. The lowest BCUT2D eigenvalue weighted by molar-refractivity contribution is 0.100. The van der Waals surface area contributed by atoms with E-state index in [-0.39, 0.29) is 6.04 Å². The smallest absolute Gasteiger partial charge is 0.248 e. The highest BCUT2D eigenvalue weighted by Crippen LogP contribution is 2.19. The lowest BCUT2D eigenvalue weighted by atomic mass is 10.1. The van der Waals surface area contributed by atoms with E-state index in [1.807, 2.05) is 6.92 Å². The van der Waals surface area contributed by atoms with Crippen molar-refractivity contribution in [1.82, 2.24) is 0 Å². The second-order valence-corrected chi connectivity index (χ2v) is 6.00. The fraction of sp³-hybridized carbons (Fsp3) is 0.417. The maximum absolute atomic E-state index is 11.8. The molecule has 2 unspecified atom stereocenters. The van der Waals surface area contributed by atoms with Gasteiger partial charge in [-0.25, -0.2) is 0 Å². The molecule has 1 amide bonds. The van der Waals surface area contributed by atoms with Gasteiger partial charge in [-0.1, -0.05) is 24.6 Å². The van der Waals surface area contributed by atoms with Gasteiger partial charge >= 0.3 is 0 Å². The Labute approximate surface area is 114 Å². The zero-order valence-electron chi connectivity index (χ0n) is 10.2. The second-order valence-electron chi connectivity index (χ2n) is 4.09. The highest BCUT2D eigenvalue weighted by Gasteiger charge is 2.11. The zero-order valence-corrected chi connectivity index (χ0v) is 11.8. The summed E-state index contributed by atoms with van der Waals surface area (Å²) < 4.78 is 11.8. The number of nitrogens with two attached hydrogens (primary N) is 2. The Bertz CT molecular complexity index is 465. The van der Waals surface area contributed by atoms with E-state index in [2.05, 4.69) is 0 Å². The van der Waals surface area contributed by atoms with Crippen molar-refractivity contribution in [3.05, 3.63) is 34.3 Å². The lowest BCUT2D eigenvalue weighted by Gasteiger charge is -2.09. The molecule has 1 aromatic rings. The molecule has 0 aromatic heterocycles. The van der Waals surface area contributed by atoms with Crippen molar-refractivity contribution in [2.75, 3.05) is 5.75 Å². The van der Waals surface area contributed by atoms with Crippen molar-refractivity contribution in [3.63, 3.8) is 0 Å². The maximum Gasteiger partial charge on any atom is 0.248 e. The summed E-state index contributed by atoms with van der Waals surface area (Å²) in [7, 11) is -1.05. The summed E-state index contributed by atoms with van der Waals surface area (Å²) in [5.41, 5.74) is 12.0. The number of halogens is 1. The molecule has 4 nitrogen and oxygen atoms in total. The Balaban J connectivity index is 2.74. The van der Waals surface area contributed by atoms with Crippen LogP contribution in [0.3, 0.4) is 0 Å². The van der Waals surface area contributed by atoms with Crippen molar-refractivity contribution in [1.29, 1.82) is 0 Å². The van der Waals surface area contributed by atoms with Crippen molar-refractivity contribution in [2.45, 2.75) is 25.1 Å². The van der Waals surface area contributed by atoms with E-state index in [1.165, 1.54) is 6.07 Å². The molecule has 4 N–H and O–H groups in total. The van der Waals surface area contributed by atoms with Crippen LogP contribution in [0.2, 0.25) is 5.02 Å². The van der Waals surface area contributed by atoms with E-state index in [0.717, 1.165) is 12.0 Å². The van der Waals surface area contributed by atoms with Gasteiger partial charge in [-0.05, 0) is 24.1 Å². The summed E-state index contributed by atoms with van der Waals surface area (Å²) in [5, 5.41) is 0.407. The molecule has 1 aromatic carbocycles. The topological polar surface area (TPSA) is 86.2 Å². The van der Waals surface area contributed by atoms with Crippen LogP contribution in [-0.2, 0) is 16.6 Å². The molecule has 0 bridgehead atoms. The van der Waals surface area contributed by atoms with Gasteiger partial charge in [0, 0.05) is 33.2 Å². The van der Waals surface area contributed by atoms with Crippen molar-refractivity contribution >= 4 is 28.3 Å². The number of amides is 1. The molecule has 0 aliphatic rings. The van der Waals surface area contributed by atoms with E-state index in [9.17, 15) is 9.00 Å². The molecule has 18 heavy (non-hydrogen) atoms. The predicted molar refractivity (Wildman–Crippen MR) is 74.9 cm³/mol. The highest BCUT2D eigenvalue weighted by atomic mass is 35.5. The Kier molecular flexibility index (Phi) is 5.78. The first kappa shape index (κ1) is 15.1. The summed E-state index contributed by atoms with van der Waals surface area (Å²) >= 11 is 6.01. The van der Waals surface area contributed by atoms with Crippen LogP contribution in [0.25, 0.3) is 0 Å². The zero-order chi connectivity index (χ0) is 13.7. The number of primary amides is 1. The van der Waals surface area contributed by atoms with Gasteiger partial charge in [-0.3, -0.25) is 9.00 Å². The first-order valence-electron chi connectivity index (χ1n) is 5.62. The average Bonchev–Trinajstić information content (AvgIpc) is 2.31. The Morgan fingerprint density at radius 1 is 1.50 bits per heavy atom. The van der Waals surface area contributed by atoms with Crippen LogP contribution in [-0.4, -0.2) is 21.9 Å². The molecule has 6 heteroatoms. The number of carbonyl (C=O) groups is 1. The van der Waals surface area contributed by atoms with Gasteiger partial charge in [0.25, 0.3) is 0 Å². The molecule has 0 aliphatic carbocycles. The van der Waals surface area contributed by atoms with Gasteiger partial charge in [-0.15, -0.1) is 0 Å². The standard InChI is InChI=1S/C12H17ClN2O2S/c1-2-10(14)7-18(17)6-9-4-3-8(12(15)16)5-11(9)13/h3-5,10H,2,6-7,14H2,1H3,(H2,15,16). The fourth-order valence-electron chi connectivity index (χ4n) is 1.41. The molecule has 0 saturated carbocycles. The third-order valence-electron chi connectivity index (χ3n) is 2.58. The highest BCUT2D eigenvalue weighted by molar-refractivity contribution is 7.84. The molecular weight excluding hydrogens is 272 g/mol. The van der Waals surface area contributed by atoms with E-state index in [0.29, 0.717) is 22.1 Å². The Hall–Kier alpha value is -0.910. The maximum atomic E-state index is 11.8.